The predicted molar refractivity (Wildman–Crippen MR) is 42.5 cm³/mol. The van der Waals surface area contributed by atoms with Crippen LogP contribution in [-0.4, -0.2) is 25.3 Å². The molecule has 0 aromatic rings. The lowest BCUT2D eigenvalue weighted by Gasteiger charge is -2.28. The molecule has 0 aromatic heterocycles. The maximum Gasteiger partial charge on any atom is 0.306 e. The lowest BCUT2D eigenvalue weighted by atomic mass is 9.99. The van der Waals surface area contributed by atoms with Gasteiger partial charge < -0.3 is 9.47 Å². The van der Waals surface area contributed by atoms with Crippen molar-refractivity contribution in [2.24, 2.45) is 11.8 Å². The van der Waals surface area contributed by atoms with Gasteiger partial charge in [-0.2, -0.15) is 5.26 Å². The molecule has 0 radical (unpaired) electrons. The van der Waals surface area contributed by atoms with Crippen molar-refractivity contribution in [2.45, 2.75) is 25.0 Å². The third-order valence-electron chi connectivity index (χ3n) is 2.88. The van der Waals surface area contributed by atoms with Gasteiger partial charge >= 0.3 is 5.97 Å². The largest absolute Gasteiger partial charge is 0.458 e. The number of methoxy groups -OCH3 is 1. The molecule has 4 nitrogen and oxygen atoms in total. The van der Waals surface area contributed by atoms with Gasteiger partial charge in [0.1, 0.15) is 6.10 Å². The van der Waals surface area contributed by atoms with Crippen molar-refractivity contribution in [3.8, 4) is 6.07 Å². The molecule has 0 N–H and O–H groups in total. The Balaban J connectivity index is 2.21. The highest BCUT2D eigenvalue weighted by molar-refractivity contribution is 5.71. The van der Waals surface area contributed by atoms with E-state index in [0.717, 1.165) is 6.42 Å². The Bertz CT molecular complexity index is 271. The number of rotatable bonds is 1. The Morgan fingerprint density at radius 1 is 1.69 bits per heavy atom. The van der Waals surface area contributed by atoms with Crippen molar-refractivity contribution in [3.63, 3.8) is 0 Å². The van der Waals surface area contributed by atoms with Crippen LogP contribution >= 0.6 is 0 Å². The molecule has 1 aliphatic heterocycles. The normalized spacial score (nSPS) is 42.6. The van der Waals surface area contributed by atoms with Gasteiger partial charge in [0.05, 0.1) is 24.5 Å². The van der Waals surface area contributed by atoms with E-state index >= 15 is 0 Å². The summed E-state index contributed by atoms with van der Waals surface area (Å²) >= 11 is 0. The van der Waals surface area contributed by atoms with E-state index in [1.54, 1.807) is 7.11 Å². The first-order valence-electron chi connectivity index (χ1n) is 4.38. The fourth-order valence-corrected chi connectivity index (χ4v) is 2.31. The molecule has 4 unspecified atom stereocenters. The summed E-state index contributed by atoms with van der Waals surface area (Å²) in [5.74, 6) is -0.191. The summed E-state index contributed by atoms with van der Waals surface area (Å²) in [5.41, 5.74) is 0. The van der Waals surface area contributed by atoms with Crippen molar-refractivity contribution in [1.29, 1.82) is 5.26 Å². The van der Waals surface area contributed by atoms with Crippen LogP contribution in [0.1, 0.15) is 12.8 Å². The monoisotopic (exact) mass is 181 g/mol. The van der Waals surface area contributed by atoms with Crippen LogP contribution in [0.3, 0.4) is 0 Å². The number of carbonyl (C=O) groups excluding carboxylic acids is 1. The molecule has 13 heavy (non-hydrogen) atoms. The lowest BCUT2D eigenvalue weighted by Crippen LogP contribution is -2.39. The summed E-state index contributed by atoms with van der Waals surface area (Å²) in [5, 5.41) is 8.82. The van der Waals surface area contributed by atoms with E-state index in [0.29, 0.717) is 6.42 Å². The molecule has 1 heterocycles. The molecule has 0 aromatic carbocycles. The Labute approximate surface area is 76.4 Å². The van der Waals surface area contributed by atoms with Gasteiger partial charge in [0.25, 0.3) is 0 Å². The maximum absolute atomic E-state index is 11.1. The van der Waals surface area contributed by atoms with E-state index in [9.17, 15) is 4.79 Å². The third kappa shape index (κ3) is 1.20. The van der Waals surface area contributed by atoms with Crippen molar-refractivity contribution < 1.29 is 14.3 Å². The van der Waals surface area contributed by atoms with Crippen molar-refractivity contribution in [2.75, 3.05) is 7.11 Å². The molecule has 1 aliphatic carbocycles. The van der Waals surface area contributed by atoms with Crippen molar-refractivity contribution in [3.05, 3.63) is 0 Å². The van der Waals surface area contributed by atoms with Crippen LogP contribution in [0.4, 0.5) is 0 Å². The maximum atomic E-state index is 11.1. The van der Waals surface area contributed by atoms with E-state index in [2.05, 4.69) is 6.07 Å². The summed E-state index contributed by atoms with van der Waals surface area (Å²) in [6, 6.07) is 2.16. The first-order chi connectivity index (χ1) is 6.26. The zero-order valence-electron chi connectivity index (χ0n) is 7.40. The standard InChI is InChI=1S/C9H11NO3/c1-12-8-5-2-6(4-10)9(8)13-7(11)3-5/h5-6,8-9H,2-3H2,1H3. The molecule has 70 valence electrons. The summed E-state index contributed by atoms with van der Waals surface area (Å²) in [6.07, 6.45) is 0.724. The minimum atomic E-state index is -0.332. The van der Waals surface area contributed by atoms with Crippen LogP contribution in [0.25, 0.3) is 0 Å². The van der Waals surface area contributed by atoms with Crippen molar-refractivity contribution >= 4 is 5.97 Å². The van der Waals surface area contributed by atoms with E-state index < -0.39 is 0 Å². The van der Waals surface area contributed by atoms with Gasteiger partial charge in [-0.3, -0.25) is 4.79 Å². The van der Waals surface area contributed by atoms with Gasteiger partial charge in [0.2, 0.25) is 0 Å². The molecule has 4 atom stereocenters. The van der Waals surface area contributed by atoms with E-state index in [4.69, 9.17) is 14.7 Å². The molecule has 2 fully saturated rings. The number of ether oxygens (including phenoxy) is 2. The molecule has 0 amide bonds. The smallest absolute Gasteiger partial charge is 0.306 e. The average molecular weight is 181 g/mol. The summed E-state index contributed by atoms with van der Waals surface area (Å²) in [7, 11) is 1.60. The molecule has 2 bridgehead atoms. The minimum absolute atomic E-state index is 0.0673. The molecule has 0 spiro atoms. The number of nitrogens with zero attached hydrogens (tertiary/aromatic N) is 1. The highest BCUT2D eigenvalue weighted by atomic mass is 16.6. The zero-order chi connectivity index (χ0) is 9.42. The second-order valence-electron chi connectivity index (χ2n) is 3.59. The van der Waals surface area contributed by atoms with Crippen LogP contribution < -0.4 is 0 Å². The molecule has 2 aliphatic rings. The summed E-state index contributed by atoms with van der Waals surface area (Å²) in [4.78, 5) is 11.1. The summed E-state index contributed by atoms with van der Waals surface area (Å²) in [6.45, 7) is 0. The first kappa shape index (κ1) is 8.52. The Morgan fingerprint density at radius 3 is 3.08 bits per heavy atom. The topological polar surface area (TPSA) is 59.3 Å². The average Bonchev–Trinajstić information content (AvgIpc) is 2.33. The SMILES string of the molecule is COC1C2CC(=O)OC1C(C#N)C2. The van der Waals surface area contributed by atoms with Gasteiger partial charge in [-0.15, -0.1) is 0 Å². The predicted octanol–water partition coefficient (Wildman–Crippen LogP) is 0.477. The van der Waals surface area contributed by atoms with Crippen LogP contribution in [0.15, 0.2) is 0 Å². The molecule has 4 heteroatoms. The van der Waals surface area contributed by atoms with Gasteiger partial charge in [-0.05, 0) is 6.42 Å². The van der Waals surface area contributed by atoms with E-state index in [1.165, 1.54) is 0 Å². The number of carbonyl (C=O) groups is 1. The fraction of sp³-hybridized carbons (Fsp3) is 0.778. The summed E-state index contributed by atoms with van der Waals surface area (Å²) < 4.78 is 10.3. The van der Waals surface area contributed by atoms with Gasteiger partial charge in [0.15, 0.2) is 0 Å². The van der Waals surface area contributed by atoms with E-state index in [1.807, 2.05) is 0 Å². The fourth-order valence-electron chi connectivity index (χ4n) is 2.31. The second kappa shape index (κ2) is 3.00. The number of hydrogen-bond acceptors (Lipinski definition) is 4. The molecule has 2 rings (SSSR count). The van der Waals surface area contributed by atoms with Crippen LogP contribution in [-0.2, 0) is 14.3 Å². The minimum Gasteiger partial charge on any atom is -0.458 e. The molecular formula is C9H11NO3. The number of hydrogen-bond donors (Lipinski definition) is 0. The second-order valence-corrected chi connectivity index (χ2v) is 3.59. The number of nitriles is 1. The lowest BCUT2D eigenvalue weighted by molar-refractivity contribution is -0.166. The zero-order valence-corrected chi connectivity index (χ0v) is 7.40. The Hall–Kier alpha value is -1.08. The van der Waals surface area contributed by atoms with Crippen molar-refractivity contribution in [1.82, 2.24) is 0 Å². The number of esters is 1. The van der Waals surface area contributed by atoms with Gasteiger partial charge in [-0.25, -0.2) is 0 Å². The van der Waals surface area contributed by atoms with Crippen LogP contribution in [0.5, 0.6) is 0 Å². The van der Waals surface area contributed by atoms with Crippen LogP contribution in [0.2, 0.25) is 0 Å². The highest BCUT2D eigenvalue weighted by Crippen LogP contribution is 2.41. The first-order valence-corrected chi connectivity index (χ1v) is 4.38. The molecule has 1 saturated heterocycles. The number of fused-ring (bicyclic) bond motifs is 2. The Kier molecular flexibility index (Phi) is 1.97. The molecular weight excluding hydrogens is 170 g/mol. The van der Waals surface area contributed by atoms with E-state index in [-0.39, 0.29) is 30.0 Å². The quantitative estimate of drug-likeness (QED) is 0.552. The van der Waals surface area contributed by atoms with Gasteiger partial charge in [-0.1, -0.05) is 0 Å². The van der Waals surface area contributed by atoms with Crippen LogP contribution in [0, 0.1) is 23.2 Å². The Morgan fingerprint density at radius 2 is 2.46 bits per heavy atom. The highest BCUT2D eigenvalue weighted by Gasteiger charge is 2.50. The third-order valence-corrected chi connectivity index (χ3v) is 2.88. The van der Waals surface area contributed by atoms with Gasteiger partial charge in [0, 0.05) is 13.0 Å². The molecule has 1 saturated carbocycles.